The predicted molar refractivity (Wildman–Crippen MR) is 79.0 cm³/mol. The summed E-state index contributed by atoms with van der Waals surface area (Å²) in [7, 11) is 0. The lowest BCUT2D eigenvalue weighted by Crippen LogP contribution is -2.40. The molecule has 1 heterocycles. The minimum Gasteiger partial charge on any atom is -0.482 e. The summed E-state index contributed by atoms with van der Waals surface area (Å²) in [6, 6.07) is 3.66. The van der Waals surface area contributed by atoms with Crippen LogP contribution in [0.5, 0.6) is 5.75 Å². The van der Waals surface area contributed by atoms with Gasteiger partial charge in [-0.15, -0.1) is 0 Å². The number of hydrogen-bond acceptors (Lipinski definition) is 4. The number of carbonyl (C=O) groups excluding carboxylic acids is 2. The molecule has 1 aromatic carbocycles. The Kier molecular flexibility index (Phi) is 4.98. The average Bonchev–Trinajstić information content (AvgIpc) is 2.50. The van der Waals surface area contributed by atoms with Crippen LogP contribution < -0.4 is 15.4 Å². The maximum atomic E-state index is 12.2. The molecule has 0 saturated heterocycles. The van der Waals surface area contributed by atoms with Gasteiger partial charge in [0.15, 0.2) is 6.61 Å². The van der Waals surface area contributed by atoms with Crippen molar-refractivity contribution >= 4 is 23.5 Å². The summed E-state index contributed by atoms with van der Waals surface area (Å²) >= 11 is 0. The molecule has 1 aromatic rings. The quantitative estimate of drug-likeness (QED) is 0.736. The first-order valence-corrected chi connectivity index (χ1v) is 7.11. The second-order valence-electron chi connectivity index (χ2n) is 5.05. The predicted octanol–water partition coefficient (Wildman–Crippen LogP) is 1.39. The van der Waals surface area contributed by atoms with Crippen LogP contribution in [0.4, 0.5) is 5.69 Å². The molecular formula is C15H18N2O5. The summed E-state index contributed by atoms with van der Waals surface area (Å²) in [5, 5.41) is 14.2. The number of amides is 2. The van der Waals surface area contributed by atoms with Gasteiger partial charge in [0.1, 0.15) is 11.8 Å². The lowest BCUT2D eigenvalue weighted by molar-refractivity contribution is -0.139. The van der Waals surface area contributed by atoms with Crippen molar-refractivity contribution < 1.29 is 24.2 Å². The zero-order valence-electron chi connectivity index (χ0n) is 12.2. The monoisotopic (exact) mass is 306 g/mol. The fourth-order valence-corrected chi connectivity index (χ4v) is 2.13. The highest BCUT2D eigenvalue weighted by Crippen LogP contribution is 2.28. The highest BCUT2D eigenvalue weighted by molar-refractivity contribution is 6.00. The van der Waals surface area contributed by atoms with Crippen molar-refractivity contribution in [1.29, 1.82) is 0 Å². The Hall–Kier alpha value is -2.57. The minimum absolute atomic E-state index is 0.0589. The van der Waals surface area contributed by atoms with Gasteiger partial charge in [0.25, 0.3) is 11.8 Å². The smallest absolute Gasteiger partial charge is 0.326 e. The van der Waals surface area contributed by atoms with Crippen molar-refractivity contribution in [3.8, 4) is 5.75 Å². The van der Waals surface area contributed by atoms with Crippen LogP contribution in [0, 0.1) is 0 Å². The SMILES string of the molecule is CCCC[C@H](NC(=O)c1ccc2c(c1)NC(=O)CO2)C(=O)O. The topological polar surface area (TPSA) is 105 Å². The van der Waals surface area contributed by atoms with Gasteiger partial charge in [-0.25, -0.2) is 4.79 Å². The van der Waals surface area contributed by atoms with Gasteiger partial charge in [-0.05, 0) is 24.6 Å². The van der Waals surface area contributed by atoms with Gasteiger partial charge in [0, 0.05) is 5.56 Å². The van der Waals surface area contributed by atoms with Crippen molar-refractivity contribution in [2.75, 3.05) is 11.9 Å². The van der Waals surface area contributed by atoms with Crippen molar-refractivity contribution in [2.45, 2.75) is 32.2 Å². The second-order valence-corrected chi connectivity index (χ2v) is 5.05. The van der Waals surface area contributed by atoms with E-state index in [1.165, 1.54) is 12.1 Å². The first kappa shape index (κ1) is 15.8. The van der Waals surface area contributed by atoms with Gasteiger partial charge in [-0.2, -0.15) is 0 Å². The number of rotatable bonds is 6. The zero-order chi connectivity index (χ0) is 16.1. The fraction of sp³-hybridized carbons (Fsp3) is 0.400. The molecule has 0 bridgehead atoms. The summed E-state index contributed by atoms with van der Waals surface area (Å²) in [5.41, 5.74) is 0.677. The Bertz CT molecular complexity index is 600. The Morgan fingerprint density at radius 1 is 1.45 bits per heavy atom. The Balaban J connectivity index is 2.10. The van der Waals surface area contributed by atoms with Gasteiger partial charge < -0.3 is 20.5 Å². The van der Waals surface area contributed by atoms with Crippen LogP contribution >= 0.6 is 0 Å². The number of fused-ring (bicyclic) bond motifs is 1. The van der Waals surface area contributed by atoms with E-state index in [0.29, 0.717) is 24.3 Å². The first-order valence-electron chi connectivity index (χ1n) is 7.11. The lowest BCUT2D eigenvalue weighted by Gasteiger charge is -2.19. The van der Waals surface area contributed by atoms with Gasteiger partial charge in [-0.3, -0.25) is 9.59 Å². The summed E-state index contributed by atoms with van der Waals surface area (Å²) in [6.45, 7) is 1.89. The molecule has 7 heteroatoms. The second kappa shape index (κ2) is 6.93. The number of benzene rings is 1. The fourth-order valence-electron chi connectivity index (χ4n) is 2.13. The highest BCUT2D eigenvalue weighted by atomic mass is 16.5. The number of hydrogen-bond donors (Lipinski definition) is 3. The maximum absolute atomic E-state index is 12.2. The number of unbranched alkanes of at least 4 members (excludes halogenated alkanes) is 1. The third-order valence-electron chi connectivity index (χ3n) is 3.32. The number of carboxylic acids is 1. The third kappa shape index (κ3) is 3.75. The normalized spacial score (nSPS) is 14.3. The van der Waals surface area contributed by atoms with Crippen LogP contribution in [0.3, 0.4) is 0 Å². The summed E-state index contributed by atoms with van der Waals surface area (Å²) in [6.07, 6.45) is 1.94. The highest BCUT2D eigenvalue weighted by Gasteiger charge is 2.22. The molecule has 0 fully saturated rings. The van der Waals surface area contributed by atoms with Crippen LogP contribution in [0.1, 0.15) is 36.5 Å². The van der Waals surface area contributed by atoms with E-state index in [4.69, 9.17) is 9.84 Å². The molecule has 0 radical (unpaired) electrons. The minimum atomic E-state index is -1.06. The molecule has 118 valence electrons. The van der Waals surface area contributed by atoms with Crippen molar-refractivity contribution in [2.24, 2.45) is 0 Å². The Morgan fingerprint density at radius 2 is 2.23 bits per heavy atom. The van der Waals surface area contributed by atoms with E-state index in [-0.39, 0.29) is 18.1 Å². The van der Waals surface area contributed by atoms with Crippen LogP contribution in [-0.4, -0.2) is 35.5 Å². The van der Waals surface area contributed by atoms with Crippen molar-refractivity contribution in [3.05, 3.63) is 23.8 Å². The number of carboxylic acid groups (broad SMARTS) is 1. The maximum Gasteiger partial charge on any atom is 0.326 e. The molecule has 3 N–H and O–H groups in total. The molecule has 1 aliphatic rings. The molecule has 7 nitrogen and oxygen atoms in total. The molecule has 0 saturated carbocycles. The molecule has 0 unspecified atom stereocenters. The standard InChI is InChI=1S/C15H18N2O5/c1-2-3-4-10(15(20)21)17-14(19)9-5-6-12-11(7-9)16-13(18)8-22-12/h5-7,10H,2-4,8H2,1H3,(H,16,18)(H,17,19)(H,20,21)/t10-/m0/s1. The number of nitrogens with one attached hydrogen (secondary N) is 2. The van der Waals surface area contributed by atoms with E-state index in [2.05, 4.69) is 10.6 Å². The van der Waals surface area contributed by atoms with Crippen molar-refractivity contribution in [3.63, 3.8) is 0 Å². The van der Waals surface area contributed by atoms with E-state index in [0.717, 1.165) is 6.42 Å². The van der Waals surface area contributed by atoms with E-state index < -0.39 is 17.9 Å². The van der Waals surface area contributed by atoms with E-state index in [9.17, 15) is 14.4 Å². The van der Waals surface area contributed by atoms with Gasteiger partial charge in [-0.1, -0.05) is 19.8 Å². The summed E-state index contributed by atoms with van der Waals surface area (Å²) < 4.78 is 5.21. The van der Waals surface area contributed by atoms with Gasteiger partial charge >= 0.3 is 5.97 Å². The summed E-state index contributed by atoms with van der Waals surface area (Å²) in [4.78, 5) is 34.6. The molecule has 1 atom stereocenters. The molecular weight excluding hydrogens is 288 g/mol. The summed E-state index contributed by atoms with van der Waals surface area (Å²) in [5.74, 6) is -1.36. The Labute approximate surface area is 127 Å². The molecule has 2 rings (SSSR count). The number of anilines is 1. The molecule has 1 aliphatic heterocycles. The first-order chi connectivity index (χ1) is 10.5. The molecule has 0 aromatic heterocycles. The van der Waals surface area contributed by atoms with Crippen LogP contribution in [-0.2, 0) is 9.59 Å². The van der Waals surface area contributed by atoms with Crippen LogP contribution in [0.15, 0.2) is 18.2 Å². The largest absolute Gasteiger partial charge is 0.482 e. The molecule has 2 amide bonds. The average molecular weight is 306 g/mol. The molecule has 0 aliphatic carbocycles. The molecule has 0 spiro atoms. The lowest BCUT2D eigenvalue weighted by atomic mass is 10.1. The van der Waals surface area contributed by atoms with Crippen molar-refractivity contribution in [1.82, 2.24) is 5.32 Å². The van der Waals surface area contributed by atoms with Crippen LogP contribution in [0.2, 0.25) is 0 Å². The van der Waals surface area contributed by atoms with E-state index >= 15 is 0 Å². The van der Waals surface area contributed by atoms with Gasteiger partial charge in [0.2, 0.25) is 0 Å². The number of ether oxygens (including phenoxy) is 1. The van der Waals surface area contributed by atoms with Crippen LogP contribution in [0.25, 0.3) is 0 Å². The molecule has 22 heavy (non-hydrogen) atoms. The Morgan fingerprint density at radius 3 is 2.91 bits per heavy atom. The third-order valence-corrected chi connectivity index (χ3v) is 3.32. The van der Waals surface area contributed by atoms with Gasteiger partial charge in [0.05, 0.1) is 5.69 Å². The number of aliphatic carboxylic acids is 1. The van der Waals surface area contributed by atoms with E-state index in [1.54, 1.807) is 6.07 Å². The number of carbonyl (C=O) groups is 3. The van der Waals surface area contributed by atoms with E-state index in [1.807, 2.05) is 6.92 Å². The zero-order valence-corrected chi connectivity index (χ0v) is 12.2.